The molecule has 3 atom stereocenters. The quantitative estimate of drug-likeness (QED) is 0.498. The number of fused-ring (bicyclic) bond motifs is 1. The zero-order chi connectivity index (χ0) is 24.8. The summed E-state index contributed by atoms with van der Waals surface area (Å²) in [6.07, 6.45) is 6.86. The first-order valence-corrected chi connectivity index (χ1v) is 11.3. The Balaban J connectivity index is 1.38. The van der Waals surface area contributed by atoms with Gasteiger partial charge in [-0.05, 0) is 37.1 Å². The number of aromatic nitrogens is 3. The van der Waals surface area contributed by atoms with Crippen LogP contribution in [-0.4, -0.2) is 35.9 Å². The highest BCUT2D eigenvalue weighted by Crippen LogP contribution is 2.66. The first-order chi connectivity index (χ1) is 16.7. The Bertz CT molecular complexity index is 1350. The van der Waals surface area contributed by atoms with E-state index in [2.05, 4.69) is 19.9 Å². The monoisotopic (exact) mass is 499 g/mol. The van der Waals surface area contributed by atoms with Gasteiger partial charge in [0.25, 0.3) is 0 Å². The van der Waals surface area contributed by atoms with E-state index in [1.54, 1.807) is 6.92 Å². The Morgan fingerprint density at radius 2 is 2.20 bits per heavy atom. The SMILES string of the molecule is CC1(c2cc(/C=C(\F)c3cnc(OCc4ncco4)cn3)ccc2F)N=C(N)SC2(C(=O)O)CC21. The minimum Gasteiger partial charge on any atom is -0.480 e. The van der Waals surface area contributed by atoms with E-state index in [4.69, 9.17) is 14.9 Å². The van der Waals surface area contributed by atoms with Crippen LogP contribution >= 0.6 is 11.8 Å². The molecule has 12 heteroatoms. The number of aliphatic carboxylic acids is 1. The number of rotatable bonds is 7. The lowest BCUT2D eigenvalue weighted by Gasteiger charge is -2.33. The van der Waals surface area contributed by atoms with Crippen LogP contribution in [0.15, 0.2) is 52.5 Å². The second-order valence-electron chi connectivity index (χ2n) is 8.34. The fraction of sp³-hybridized carbons (Fsp3) is 0.261. The maximum atomic E-state index is 14.9. The summed E-state index contributed by atoms with van der Waals surface area (Å²) in [5.74, 6) is -2.21. The van der Waals surface area contributed by atoms with Crippen LogP contribution in [0.25, 0.3) is 11.9 Å². The van der Waals surface area contributed by atoms with Crippen LogP contribution in [0.3, 0.4) is 0 Å². The minimum atomic E-state index is -1.19. The van der Waals surface area contributed by atoms with Crippen molar-refractivity contribution in [1.29, 1.82) is 0 Å². The molecule has 1 aromatic carbocycles. The molecule has 0 amide bonds. The summed E-state index contributed by atoms with van der Waals surface area (Å²) in [5.41, 5.74) is 5.17. The molecule has 35 heavy (non-hydrogen) atoms. The van der Waals surface area contributed by atoms with Gasteiger partial charge in [-0.3, -0.25) is 9.79 Å². The first-order valence-electron chi connectivity index (χ1n) is 10.5. The number of nitrogens with zero attached hydrogens (tertiary/aromatic N) is 4. The van der Waals surface area contributed by atoms with Crippen molar-refractivity contribution in [2.45, 2.75) is 30.2 Å². The molecule has 2 aliphatic rings. The maximum absolute atomic E-state index is 14.9. The van der Waals surface area contributed by atoms with Crippen LogP contribution in [0.5, 0.6) is 5.88 Å². The molecule has 3 N–H and O–H groups in total. The van der Waals surface area contributed by atoms with Crippen LogP contribution < -0.4 is 10.5 Å². The van der Waals surface area contributed by atoms with Gasteiger partial charge in [-0.25, -0.2) is 23.7 Å². The third-order valence-electron chi connectivity index (χ3n) is 6.11. The van der Waals surface area contributed by atoms with Gasteiger partial charge in [-0.2, -0.15) is 0 Å². The van der Waals surface area contributed by atoms with Crippen LogP contribution in [0.1, 0.15) is 36.1 Å². The summed E-state index contributed by atoms with van der Waals surface area (Å²) in [6, 6.07) is 4.06. The van der Waals surface area contributed by atoms with Crippen molar-refractivity contribution in [2.75, 3.05) is 0 Å². The third-order valence-corrected chi connectivity index (χ3v) is 7.40. The van der Waals surface area contributed by atoms with E-state index >= 15 is 0 Å². The molecule has 3 unspecified atom stereocenters. The van der Waals surface area contributed by atoms with Crippen LogP contribution in [0.2, 0.25) is 0 Å². The van der Waals surface area contributed by atoms with Gasteiger partial charge in [0.15, 0.2) is 17.6 Å². The van der Waals surface area contributed by atoms with Crippen LogP contribution in [0.4, 0.5) is 8.78 Å². The van der Waals surface area contributed by atoms with E-state index in [9.17, 15) is 18.7 Å². The molecule has 3 heterocycles. The molecule has 9 nitrogen and oxygen atoms in total. The van der Waals surface area contributed by atoms with E-state index in [0.29, 0.717) is 17.9 Å². The number of thioether (sulfide) groups is 1. The number of benzene rings is 1. The average Bonchev–Trinajstić information content (AvgIpc) is 3.36. The fourth-order valence-corrected chi connectivity index (χ4v) is 5.59. The zero-order valence-corrected chi connectivity index (χ0v) is 19.1. The smallest absolute Gasteiger partial charge is 0.320 e. The van der Waals surface area contributed by atoms with E-state index in [-0.39, 0.29) is 28.9 Å². The lowest BCUT2D eigenvalue weighted by Crippen LogP contribution is -2.39. The van der Waals surface area contributed by atoms with Crippen molar-refractivity contribution < 1.29 is 27.8 Å². The van der Waals surface area contributed by atoms with E-state index in [1.165, 1.54) is 49.1 Å². The topological polar surface area (TPSA) is 137 Å². The molecular weight excluding hydrogens is 480 g/mol. The lowest BCUT2D eigenvalue weighted by atomic mass is 9.85. The summed E-state index contributed by atoms with van der Waals surface area (Å²) in [5, 5.41) is 9.77. The molecular formula is C23H19F2N5O4S. The van der Waals surface area contributed by atoms with Gasteiger partial charge >= 0.3 is 5.97 Å². The molecule has 0 bridgehead atoms. The number of hydrogen-bond donors (Lipinski definition) is 2. The maximum Gasteiger partial charge on any atom is 0.320 e. The molecule has 0 saturated heterocycles. The van der Waals surface area contributed by atoms with E-state index < -0.39 is 33.8 Å². The molecule has 180 valence electrons. The number of aliphatic imine (C=N–C) groups is 1. The van der Waals surface area contributed by atoms with Gasteiger partial charge < -0.3 is 20.0 Å². The molecule has 0 spiro atoms. The van der Waals surface area contributed by atoms with Gasteiger partial charge in [-0.1, -0.05) is 17.8 Å². The summed E-state index contributed by atoms with van der Waals surface area (Å²) in [6.45, 7) is 1.70. The predicted octanol–water partition coefficient (Wildman–Crippen LogP) is 3.77. The predicted molar refractivity (Wildman–Crippen MR) is 123 cm³/mol. The van der Waals surface area contributed by atoms with Gasteiger partial charge in [-0.15, -0.1) is 0 Å². The first kappa shape index (κ1) is 23.0. The second-order valence-corrected chi connectivity index (χ2v) is 9.69. The number of ether oxygens (including phenoxy) is 1. The molecule has 0 radical (unpaired) electrons. The summed E-state index contributed by atoms with van der Waals surface area (Å²) in [7, 11) is 0. The minimum absolute atomic E-state index is 0.0472. The van der Waals surface area contributed by atoms with Crippen molar-refractivity contribution in [3.05, 3.63) is 71.6 Å². The highest BCUT2D eigenvalue weighted by molar-refractivity contribution is 8.15. The number of carboxylic acid groups (broad SMARTS) is 1. The Morgan fingerprint density at radius 3 is 2.89 bits per heavy atom. The molecule has 3 aromatic rings. The summed E-state index contributed by atoms with van der Waals surface area (Å²) >= 11 is 0.989. The number of carbonyl (C=O) groups is 1. The Morgan fingerprint density at radius 1 is 1.37 bits per heavy atom. The number of halogens is 2. The van der Waals surface area contributed by atoms with Crippen molar-refractivity contribution in [3.8, 4) is 5.88 Å². The van der Waals surface area contributed by atoms with Crippen molar-refractivity contribution in [3.63, 3.8) is 0 Å². The molecule has 1 aliphatic carbocycles. The normalized spacial score (nSPS) is 25.5. The Labute approximate surface area is 202 Å². The number of nitrogens with two attached hydrogens (primary N) is 1. The third kappa shape index (κ3) is 4.14. The Hall–Kier alpha value is -3.80. The molecule has 1 saturated carbocycles. The van der Waals surface area contributed by atoms with Crippen LogP contribution in [-0.2, 0) is 16.9 Å². The van der Waals surface area contributed by atoms with Crippen molar-refractivity contribution >= 4 is 34.8 Å². The number of amidine groups is 1. The number of oxazole rings is 1. The van der Waals surface area contributed by atoms with Crippen molar-refractivity contribution in [1.82, 2.24) is 15.0 Å². The van der Waals surface area contributed by atoms with Crippen LogP contribution in [0, 0.1) is 11.7 Å². The summed E-state index contributed by atoms with van der Waals surface area (Å²) < 4.78 is 39.1. The largest absolute Gasteiger partial charge is 0.480 e. The van der Waals surface area contributed by atoms with Crippen molar-refractivity contribution in [2.24, 2.45) is 16.6 Å². The zero-order valence-electron chi connectivity index (χ0n) is 18.3. The van der Waals surface area contributed by atoms with Gasteiger partial charge in [0.2, 0.25) is 11.8 Å². The second kappa shape index (κ2) is 8.45. The molecule has 1 aliphatic heterocycles. The fourth-order valence-electron chi connectivity index (χ4n) is 4.27. The summed E-state index contributed by atoms with van der Waals surface area (Å²) in [4.78, 5) is 28.2. The lowest BCUT2D eigenvalue weighted by molar-refractivity contribution is -0.137. The molecule has 5 rings (SSSR count). The molecule has 2 aromatic heterocycles. The highest BCUT2D eigenvalue weighted by atomic mass is 32.2. The number of carboxylic acids is 1. The standard InChI is InChI=1S/C23H19F2N5O4S/c1-22(17-8-23(17,20(31)32)35-21(26)30-22)13-6-12(2-3-14(13)24)7-15(25)16-9-29-18(10-28-16)34-11-19-27-4-5-33-19/h2-7,9-10,17H,8,11H2,1H3,(H2,26,30)(H,31,32)/b15-7-. The van der Waals surface area contributed by atoms with E-state index in [0.717, 1.165) is 11.8 Å². The van der Waals surface area contributed by atoms with Gasteiger partial charge in [0.05, 0.1) is 24.1 Å². The highest BCUT2D eigenvalue weighted by Gasteiger charge is 2.71. The van der Waals surface area contributed by atoms with Gasteiger partial charge in [0.1, 0.15) is 22.5 Å². The average molecular weight is 499 g/mol. The number of hydrogen-bond acceptors (Lipinski definition) is 9. The van der Waals surface area contributed by atoms with Gasteiger partial charge in [0, 0.05) is 11.5 Å². The van der Waals surface area contributed by atoms with E-state index in [1.807, 2.05) is 0 Å². The Kier molecular flexibility index (Phi) is 5.55. The molecule has 1 fully saturated rings.